The first-order valence-electron chi connectivity index (χ1n) is 6.31. The molecular formula is C15H16ClNO3S. The van der Waals surface area contributed by atoms with E-state index in [2.05, 4.69) is 4.72 Å². The van der Waals surface area contributed by atoms with E-state index in [0.717, 1.165) is 11.1 Å². The van der Waals surface area contributed by atoms with Crippen LogP contribution in [0, 0.1) is 6.92 Å². The van der Waals surface area contributed by atoms with Gasteiger partial charge in [0.15, 0.2) is 0 Å². The van der Waals surface area contributed by atoms with Gasteiger partial charge in [-0.05, 0) is 42.3 Å². The molecule has 0 unspecified atom stereocenters. The molecule has 0 amide bonds. The highest BCUT2D eigenvalue weighted by molar-refractivity contribution is 7.89. The van der Waals surface area contributed by atoms with Crippen LogP contribution < -0.4 is 9.46 Å². The second-order valence-corrected chi connectivity index (χ2v) is 6.76. The number of hydrogen-bond acceptors (Lipinski definition) is 3. The lowest BCUT2D eigenvalue weighted by atomic mass is 10.2. The zero-order valence-corrected chi connectivity index (χ0v) is 13.3. The third-order valence-electron chi connectivity index (χ3n) is 3.05. The highest BCUT2D eigenvalue weighted by Gasteiger charge is 2.14. The zero-order chi connectivity index (χ0) is 15.5. The summed E-state index contributed by atoms with van der Waals surface area (Å²) in [4.78, 5) is 0.154. The molecule has 6 heteroatoms. The molecule has 0 heterocycles. The molecule has 21 heavy (non-hydrogen) atoms. The van der Waals surface area contributed by atoms with E-state index in [0.29, 0.717) is 10.8 Å². The Kier molecular flexibility index (Phi) is 4.88. The van der Waals surface area contributed by atoms with Crippen LogP contribution >= 0.6 is 11.6 Å². The molecule has 112 valence electrons. The fourth-order valence-electron chi connectivity index (χ4n) is 1.78. The predicted octanol–water partition coefficient (Wildman–Crippen LogP) is 3.14. The number of halogens is 1. The Morgan fingerprint density at radius 1 is 1.19 bits per heavy atom. The van der Waals surface area contributed by atoms with Gasteiger partial charge in [-0.15, -0.1) is 0 Å². The first kappa shape index (κ1) is 15.8. The predicted molar refractivity (Wildman–Crippen MR) is 83.2 cm³/mol. The highest BCUT2D eigenvalue weighted by Crippen LogP contribution is 2.20. The molecule has 0 aromatic heterocycles. The van der Waals surface area contributed by atoms with Gasteiger partial charge >= 0.3 is 0 Å². The lowest BCUT2D eigenvalue weighted by molar-refractivity contribution is 0.414. The molecule has 0 atom stereocenters. The molecule has 0 bridgehead atoms. The number of sulfonamides is 1. The maximum atomic E-state index is 12.2. The topological polar surface area (TPSA) is 55.4 Å². The zero-order valence-electron chi connectivity index (χ0n) is 11.8. The average Bonchev–Trinajstić information content (AvgIpc) is 2.48. The normalized spacial score (nSPS) is 11.4. The molecule has 1 N–H and O–H groups in total. The number of aryl methyl sites for hydroxylation is 1. The van der Waals surface area contributed by atoms with E-state index in [4.69, 9.17) is 16.3 Å². The number of methoxy groups -OCH3 is 1. The Labute approximate surface area is 129 Å². The van der Waals surface area contributed by atoms with Crippen molar-refractivity contribution in [3.63, 3.8) is 0 Å². The van der Waals surface area contributed by atoms with Crippen LogP contribution in [0.2, 0.25) is 5.02 Å². The Morgan fingerprint density at radius 2 is 1.95 bits per heavy atom. The maximum absolute atomic E-state index is 12.2. The van der Waals surface area contributed by atoms with Gasteiger partial charge in [-0.25, -0.2) is 13.1 Å². The summed E-state index contributed by atoms with van der Waals surface area (Å²) in [5.41, 5.74) is 1.65. The third kappa shape index (κ3) is 3.97. The SMILES string of the molecule is COc1cccc(CNS(=O)(=O)c2ccc(C)c(Cl)c2)c1. The Balaban J connectivity index is 2.15. The summed E-state index contributed by atoms with van der Waals surface area (Å²) in [7, 11) is -2.03. The van der Waals surface area contributed by atoms with Crippen molar-refractivity contribution in [2.75, 3.05) is 7.11 Å². The molecule has 0 radical (unpaired) electrons. The number of ether oxygens (including phenoxy) is 1. The lowest BCUT2D eigenvalue weighted by Gasteiger charge is -2.09. The van der Waals surface area contributed by atoms with Crippen molar-refractivity contribution in [1.82, 2.24) is 4.72 Å². The molecule has 0 aliphatic carbocycles. The van der Waals surface area contributed by atoms with E-state index in [1.807, 2.05) is 19.1 Å². The molecule has 2 rings (SSSR count). The smallest absolute Gasteiger partial charge is 0.240 e. The van der Waals surface area contributed by atoms with Gasteiger partial charge in [-0.2, -0.15) is 0 Å². The minimum absolute atomic E-state index is 0.154. The van der Waals surface area contributed by atoms with Gasteiger partial charge in [-0.1, -0.05) is 29.8 Å². The molecule has 4 nitrogen and oxygen atoms in total. The van der Waals surface area contributed by atoms with Crippen LogP contribution in [-0.4, -0.2) is 15.5 Å². The van der Waals surface area contributed by atoms with Crippen LogP contribution in [0.1, 0.15) is 11.1 Å². The molecule has 0 fully saturated rings. The van der Waals surface area contributed by atoms with Crippen LogP contribution in [0.15, 0.2) is 47.4 Å². The van der Waals surface area contributed by atoms with Crippen LogP contribution in [0.5, 0.6) is 5.75 Å². The standard InChI is InChI=1S/C15H16ClNO3S/c1-11-6-7-14(9-15(11)16)21(18,19)17-10-12-4-3-5-13(8-12)20-2/h3-9,17H,10H2,1-2H3. The second kappa shape index (κ2) is 6.47. The maximum Gasteiger partial charge on any atom is 0.240 e. The molecule has 0 saturated carbocycles. The van der Waals surface area contributed by atoms with Crippen molar-refractivity contribution < 1.29 is 13.2 Å². The van der Waals surface area contributed by atoms with Gasteiger partial charge in [0.05, 0.1) is 12.0 Å². The monoisotopic (exact) mass is 325 g/mol. The Bertz CT molecular complexity index is 744. The van der Waals surface area contributed by atoms with E-state index >= 15 is 0 Å². The van der Waals surface area contributed by atoms with Crippen molar-refractivity contribution in [2.24, 2.45) is 0 Å². The summed E-state index contributed by atoms with van der Waals surface area (Å²) >= 11 is 5.97. The van der Waals surface area contributed by atoms with Crippen molar-refractivity contribution >= 4 is 21.6 Å². The number of nitrogens with one attached hydrogen (secondary N) is 1. The summed E-state index contributed by atoms with van der Waals surface area (Å²) < 4.78 is 32.1. The van der Waals surface area contributed by atoms with Crippen LogP contribution in [-0.2, 0) is 16.6 Å². The number of rotatable bonds is 5. The van der Waals surface area contributed by atoms with Gasteiger partial charge < -0.3 is 4.74 Å². The summed E-state index contributed by atoms with van der Waals surface area (Å²) in [6, 6.07) is 11.9. The minimum Gasteiger partial charge on any atom is -0.497 e. The third-order valence-corrected chi connectivity index (χ3v) is 4.86. The fraction of sp³-hybridized carbons (Fsp3) is 0.200. The largest absolute Gasteiger partial charge is 0.497 e. The van der Waals surface area contributed by atoms with E-state index in [1.165, 1.54) is 12.1 Å². The van der Waals surface area contributed by atoms with Gasteiger partial charge in [0, 0.05) is 11.6 Å². The summed E-state index contributed by atoms with van der Waals surface area (Å²) in [5.74, 6) is 0.685. The van der Waals surface area contributed by atoms with Crippen LogP contribution in [0.3, 0.4) is 0 Å². The van der Waals surface area contributed by atoms with E-state index in [1.54, 1.807) is 25.3 Å². The first-order valence-corrected chi connectivity index (χ1v) is 8.17. The summed E-state index contributed by atoms with van der Waals surface area (Å²) in [6.07, 6.45) is 0. The molecule has 2 aromatic carbocycles. The van der Waals surface area contributed by atoms with E-state index in [-0.39, 0.29) is 11.4 Å². The van der Waals surface area contributed by atoms with Gasteiger partial charge in [0.2, 0.25) is 10.0 Å². The second-order valence-electron chi connectivity index (χ2n) is 4.59. The van der Waals surface area contributed by atoms with Crippen molar-refractivity contribution in [2.45, 2.75) is 18.4 Å². The molecule has 2 aromatic rings. The quantitative estimate of drug-likeness (QED) is 0.918. The summed E-state index contributed by atoms with van der Waals surface area (Å²) in [5, 5.41) is 0.430. The number of benzene rings is 2. The minimum atomic E-state index is -3.59. The molecule has 0 aliphatic rings. The van der Waals surface area contributed by atoms with E-state index in [9.17, 15) is 8.42 Å². The van der Waals surface area contributed by atoms with Crippen molar-refractivity contribution in [3.8, 4) is 5.75 Å². The van der Waals surface area contributed by atoms with Gasteiger partial charge in [0.25, 0.3) is 0 Å². The fourth-order valence-corrected chi connectivity index (χ4v) is 3.07. The van der Waals surface area contributed by atoms with Crippen molar-refractivity contribution in [1.29, 1.82) is 0 Å². The Morgan fingerprint density at radius 3 is 2.62 bits per heavy atom. The Hall–Kier alpha value is -1.56. The van der Waals surface area contributed by atoms with Crippen LogP contribution in [0.25, 0.3) is 0 Å². The highest BCUT2D eigenvalue weighted by atomic mass is 35.5. The molecule has 0 saturated heterocycles. The van der Waals surface area contributed by atoms with Crippen molar-refractivity contribution in [3.05, 3.63) is 58.6 Å². The molecular weight excluding hydrogens is 310 g/mol. The van der Waals surface area contributed by atoms with E-state index < -0.39 is 10.0 Å². The summed E-state index contributed by atoms with van der Waals surface area (Å²) in [6.45, 7) is 2.01. The van der Waals surface area contributed by atoms with Gasteiger partial charge in [-0.3, -0.25) is 0 Å². The lowest BCUT2D eigenvalue weighted by Crippen LogP contribution is -2.23. The van der Waals surface area contributed by atoms with Crippen LogP contribution in [0.4, 0.5) is 0 Å². The molecule has 0 aliphatic heterocycles. The average molecular weight is 326 g/mol. The first-order chi connectivity index (χ1) is 9.92. The van der Waals surface area contributed by atoms with Gasteiger partial charge in [0.1, 0.15) is 5.75 Å². The molecule has 0 spiro atoms. The number of hydrogen-bond donors (Lipinski definition) is 1.